The van der Waals surface area contributed by atoms with Crippen LogP contribution in [0.4, 0.5) is 0 Å². The van der Waals surface area contributed by atoms with Gasteiger partial charge in [0.15, 0.2) is 0 Å². The molecule has 1 heterocycles. The molecule has 19 heavy (non-hydrogen) atoms. The molecule has 2 rings (SSSR count). The van der Waals surface area contributed by atoms with Gasteiger partial charge in [0.2, 0.25) is 0 Å². The van der Waals surface area contributed by atoms with E-state index < -0.39 is 0 Å². The first-order valence-electron chi connectivity index (χ1n) is 7.34. The van der Waals surface area contributed by atoms with E-state index in [-0.39, 0.29) is 0 Å². The summed E-state index contributed by atoms with van der Waals surface area (Å²) in [6.45, 7) is 12.8. The van der Waals surface area contributed by atoms with Gasteiger partial charge in [0.1, 0.15) is 11.3 Å². The summed E-state index contributed by atoms with van der Waals surface area (Å²) < 4.78 is 6.15. The SMILES string of the molecule is CCNCc1oc2c(C)ccc(C(C)C)c2c1CC. The molecule has 1 N–H and O–H groups in total. The normalized spacial score (nSPS) is 11.7. The molecule has 104 valence electrons. The first kappa shape index (κ1) is 14.1. The van der Waals surface area contributed by atoms with Crippen LogP contribution in [0.1, 0.15) is 56.1 Å². The Hall–Kier alpha value is -1.28. The van der Waals surface area contributed by atoms with Gasteiger partial charge in [-0.3, -0.25) is 0 Å². The van der Waals surface area contributed by atoms with Crippen molar-refractivity contribution < 1.29 is 4.42 Å². The number of benzene rings is 1. The smallest absolute Gasteiger partial charge is 0.137 e. The van der Waals surface area contributed by atoms with Crippen LogP contribution in [0.25, 0.3) is 11.0 Å². The zero-order chi connectivity index (χ0) is 14.0. The molecule has 2 heteroatoms. The molecule has 0 aliphatic carbocycles. The molecule has 2 nitrogen and oxygen atoms in total. The highest BCUT2D eigenvalue weighted by molar-refractivity contribution is 5.88. The van der Waals surface area contributed by atoms with Crippen LogP contribution in [0.15, 0.2) is 16.5 Å². The molecule has 0 radical (unpaired) electrons. The summed E-state index contributed by atoms with van der Waals surface area (Å²) in [6, 6.07) is 4.44. The summed E-state index contributed by atoms with van der Waals surface area (Å²) >= 11 is 0. The van der Waals surface area contributed by atoms with Crippen LogP contribution in [0.5, 0.6) is 0 Å². The Morgan fingerprint density at radius 3 is 2.53 bits per heavy atom. The van der Waals surface area contributed by atoms with Crippen molar-refractivity contribution in [1.29, 1.82) is 0 Å². The second-order valence-corrected chi connectivity index (χ2v) is 5.47. The molecule has 1 aromatic heterocycles. The molecule has 0 aliphatic rings. The van der Waals surface area contributed by atoms with Crippen LogP contribution < -0.4 is 5.32 Å². The molecular formula is C17H25NO. The highest BCUT2D eigenvalue weighted by Crippen LogP contribution is 2.35. The lowest BCUT2D eigenvalue weighted by Crippen LogP contribution is -2.12. The topological polar surface area (TPSA) is 25.2 Å². The van der Waals surface area contributed by atoms with Crippen LogP contribution >= 0.6 is 0 Å². The van der Waals surface area contributed by atoms with Gasteiger partial charge in [0, 0.05) is 10.9 Å². The summed E-state index contributed by atoms with van der Waals surface area (Å²) in [5, 5.41) is 4.73. The Morgan fingerprint density at radius 1 is 1.21 bits per heavy atom. The van der Waals surface area contributed by atoms with Gasteiger partial charge < -0.3 is 9.73 Å². The number of furan rings is 1. The van der Waals surface area contributed by atoms with Gasteiger partial charge in [-0.2, -0.15) is 0 Å². The van der Waals surface area contributed by atoms with Crippen molar-refractivity contribution in [3.63, 3.8) is 0 Å². The average Bonchev–Trinajstić information content (AvgIpc) is 2.75. The molecule has 0 saturated carbocycles. The molecule has 0 aliphatic heterocycles. The maximum atomic E-state index is 6.15. The summed E-state index contributed by atoms with van der Waals surface area (Å²) in [5.41, 5.74) is 5.10. The third-order valence-electron chi connectivity index (χ3n) is 3.76. The fourth-order valence-corrected chi connectivity index (χ4v) is 2.71. The van der Waals surface area contributed by atoms with Crippen LogP contribution in [0.2, 0.25) is 0 Å². The van der Waals surface area contributed by atoms with Gasteiger partial charge in [0.25, 0.3) is 0 Å². The Kier molecular flexibility index (Phi) is 4.31. The van der Waals surface area contributed by atoms with E-state index in [4.69, 9.17) is 4.42 Å². The van der Waals surface area contributed by atoms with E-state index >= 15 is 0 Å². The van der Waals surface area contributed by atoms with E-state index in [1.807, 2.05) is 0 Å². The number of hydrogen-bond acceptors (Lipinski definition) is 2. The van der Waals surface area contributed by atoms with E-state index in [0.717, 1.165) is 30.9 Å². The first-order valence-corrected chi connectivity index (χ1v) is 7.34. The second-order valence-electron chi connectivity index (χ2n) is 5.47. The largest absolute Gasteiger partial charge is 0.459 e. The summed E-state index contributed by atoms with van der Waals surface area (Å²) in [5.74, 6) is 1.63. The van der Waals surface area contributed by atoms with Crippen molar-refractivity contribution in [2.75, 3.05) is 6.54 Å². The molecule has 0 atom stereocenters. The Bertz CT molecular complexity index is 566. The summed E-state index contributed by atoms with van der Waals surface area (Å²) in [6.07, 6.45) is 1.02. The van der Waals surface area contributed by atoms with Crippen molar-refractivity contribution in [3.8, 4) is 0 Å². The second kappa shape index (κ2) is 5.79. The van der Waals surface area contributed by atoms with Gasteiger partial charge in [-0.05, 0) is 36.9 Å². The molecule has 0 saturated heterocycles. The third-order valence-corrected chi connectivity index (χ3v) is 3.76. The van der Waals surface area contributed by atoms with Gasteiger partial charge in [-0.15, -0.1) is 0 Å². The molecular weight excluding hydrogens is 234 g/mol. The molecule has 1 aromatic carbocycles. The Balaban J connectivity index is 2.67. The highest BCUT2D eigenvalue weighted by Gasteiger charge is 2.18. The van der Waals surface area contributed by atoms with Crippen molar-refractivity contribution in [2.45, 2.75) is 53.5 Å². The van der Waals surface area contributed by atoms with E-state index in [2.05, 4.69) is 52.1 Å². The maximum absolute atomic E-state index is 6.15. The molecule has 2 aromatic rings. The summed E-state index contributed by atoms with van der Waals surface area (Å²) in [4.78, 5) is 0. The Labute approximate surface area is 116 Å². The minimum Gasteiger partial charge on any atom is -0.459 e. The predicted molar refractivity (Wildman–Crippen MR) is 81.8 cm³/mol. The van der Waals surface area contributed by atoms with Crippen molar-refractivity contribution in [2.24, 2.45) is 0 Å². The van der Waals surface area contributed by atoms with Gasteiger partial charge in [0.05, 0.1) is 6.54 Å². The zero-order valence-corrected chi connectivity index (χ0v) is 12.8. The van der Waals surface area contributed by atoms with Crippen LogP contribution in [-0.2, 0) is 13.0 Å². The fourth-order valence-electron chi connectivity index (χ4n) is 2.71. The van der Waals surface area contributed by atoms with Crippen molar-refractivity contribution in [3.05, 3.63) is 34.6 Å². The molecule has 0 amide bonds. The standard InChI is InChI=1S/C17H25NO/c1-6-13-15(10-18-7-2)19-17-12(5)8-9-14(11(3)4)16(13)17/h8-9,11,18H,6-7,10H2,1-5H3. The number of fused-ring (bicyclic) bond motifs is 1. The van der Waals surface area contributed by atoms with Gasteiger partial charge in [-0.1, -0.05) is 39.8 Å². The number of hydrogen-bond donors (Lipinski definition) is 1. The van der Waals surface area contributed by atoms with Gasteiger partial charge in [-0.25, -0.2) is 0 Å². The zero-order valence-electron chi connectivity index (χ0n) is 12.8. The van der Waals surface area contributed by atoms with Crippen molar-refractivity contribution in [1.82, 2.24) is 5.32 Å². The molecule has 0 fully saturated rings. The monoisotopic (exact) mass is 259 g/mol. The quantitative estimate of drug-likeness (QED) is 0.853. The number of nitrogens with one attached hydrogen (secondary N) is 1. The van der Waals surface area contributed by atoms with E-state index in [1.54, 1.807) is 0 Å². The van der Waals surface area contributed by atoms with Crippen molar-refractivity contribution >= 4 is 11.0 Å². The van der Waals surface area contributed by atoms with Crippen LogP contribution in [0, 0.1) is 6.92 Å². The maximum Gasteiger partial charge on any atom is 0.137 e. The van der Waals surface area contributed by atoms with E-state index in [9.17, 15) is 0 Å². The lowest BCUT2D eigenvalue weighted by molar-refractivity contribution is 0.513. The van der Waals surface area contributed by atoms with E-state index in [0.29, 0.717) is 5.92 Å². The lowest BCUT2D eigenvalue weighted by Gasteiger charge is -2.09. The van der Waals surface area contributed by atoms with Gasteiger partial charge >= 0.3 is 0 Å². The van der Waals surface area contributed by atoms with E-state index in [1.165, 1.54) is 22.1 Å². The van der Waals surface area contributed by atoms with Crippen LogP contribution in [0.3, 0.4) is 0 Å². The average molecular weight is 259 g/mol. The minimum atomic E-state index is 0.526. The minimum absolute atomic E-state index is 0.526. The third kappa shape index (κ3) is 2.55. The Morgan fingerprint density at radius 2 is 1.95 bits per heavy atom. The molecule has 0 spiro atoms. The molecule has 0 bridgehead atoms. The highest BCUT2D eigenvalue weighted by atomic mass is 16.3. The number of rotatable bonds is 5. The summed E-state index contributed by atoms with van der Waals surface area (Å²) in [7, 11) is 0. The fraction of sp³-hybridized carbons (Fsp3) is 0.529. The number of aryl methyl sites for hydroxylation is 2. The molecule has 0 unspecified atom stereocenters. The van der Waals surface area contributed by atoms with Crippen LogP contribution in [-0.4, -0.2) is 6.54 Å². The first-order chi connectivity index (χ1) is 9.10. The lowest BCUT2D eigenvalue weighted by atomic mass is 9.94. The predicted octanol–water partition coefficient (Wildman–Crippen LogP) is 4.54.